The predicted octanol–water partition coefficient (Wildman–Crippen LogP) is 3.95. The van der Waals surface area contributed by atoms with E-state index in [9.17, 15) is 5.11 Å². The fraction of sp³-hybridized carbons (Fsp3) is 0. The van der Waals surface area contributed by atoms with Gasteiger partial charge in [0.25, 0.3) is 0 Å². The zero-order valence-corrected chi connectivity index (χ0v) is 11.4. The van der Waals surface area contributed by atoms with Gasteiger partial charge in [-0.1, -0.05) is 35.9 Å². The number of nitrogens with zero attached hydrogens (tertiary/aromatic N) is 2. The first-order valence-electron chi connectivity index (χ1n) is 5.12. The van der Waals surface area contributed by atoms with Crippen molar-refractivity contribution in [1.82, 2.24) is 4.37 Å². The summed E-state index contributed by atoms with van der Waals surface area (Å²) >= 11 is 5.94. The van der Waals surface area contributed by atoms with Gasteiger partial charge in [0.15, 0.2) is 9.82 Å². The first-order chi connectivity index (χ1) is 8.75. The molecule has 0 aliphatic heterocycles. The molecular formula is C12H7ClN2OS2. The number of phenols is 1. The van der Waals surface area contributed by atoms with Crippen molar-refractivity contribution in [2.45, 2.75) is 0 Å². The summed E-state index contributed by atoms with van der Waals surface area (Å²) < 4.78 is 4.69. The quantitative estimate of drug-likeness (QED) is 0.691. The average Bonchev–Trinajstić information content (AvgIpc) is 2.77. The van der Waals surface area contributed by atoms with E-state index in [1.807, 2.05) is 24.3 Å². The lowest BCUT2D eigenvalue weighted by Gasteiger charge is -2.02. The van der Waals surface area contributed by atoms with E-state index in [2.05, 4.69) is 9.37 Å². The minimum absolute atomic E-state index is 0.253. The average molecular weight is 295 g/mol. The molecule has 0 aliphatic rings. The fourth-order valence-corrected chi connectivity index (χ4v) is 3.69. The number of hydrogen-bond donors (Lipinski definition) is 1. The van der Waals surface area contributed by atoms with Crippen LogP contribution in [0.3, 0.4) is 0 Å². The zero-order chi connectivity index (χ0) is 12.5. The Morgan fingerprint density at radius 1 is 1.11 bits per heavy atom. The van der Waals surface area contributed by atoms with Crippen LogP contribution in [0, 0.1) is 0 Å². The molecule has 1 N–H and O–H groups in total. The molecular weight excluding hydrogens is 288 g/mol. The van der Waals surface area contributed by atoms with Gasteiger partial charge in [0.05, 0.1) is 5.69 Å². The second-order valence-electron chi connectivity index (χ2n) is 3.61. The fourth-order valence-electron chi connectivity index (χ4n) is 1.71. The molecule has 0 aliphatic carbocycles. The summed E-state index contributed by atoms with van der Waals surface area (Å²) in [4.78, 5) is 4.49. The molecule has 3 nitrogen and oxygen atoms in total. The Bertz CT molecular complexity index is 779. The van der Waals surface area contributed by atoms with Crippen molar-refractivity contribution in [3.05, 3.63) is 46.2 Å². The van der Waals surface area contributed by atoms with Crippen molar-refractivity contribution in [3.8, 4) is 5.75 Å². The molecule has 0 fully saturated rings. The highest BCUT2D eigenvalue weighted by atomic mass is 35.5. The van der Waals surface area contributed by atoms with Crippen LogP contribution in [-0.2, 0) is 0 Å². The van der Waals surface area contributed by atoms with Gasteiger partial charge in [0.2, 0.25) is 0 Å². The van der Waals surface area contributed by atoms with E-state index in [0.29, 0.717) is 9.82 Å². The van der Waals surface area contributed by atoms with Gasteiger partial charge >= 0.3 is 0 Å². The molecule has 2 aromatic carbocycles. The number of benzene rings is 2. The molecule has 0 unspecified atom stereocenters. The van der Waals surface area contributed by atoms with Crippen molar-refractivity contribution in [1.29, 1.82) is 0 Å². The van der Waals surface area contributed by atoms with E-state index in [-0.39, 0.29) is 5.75 Å². The highest BCUT2D eigenvalue weighted by Gasteiger charge is 2.04. The van der Waals surface area contributed by atoms with Crippen LogP contribution in [0.2, 0.25) is 5.15 Å². The smallest absolute Gasteiger partial charge is 0.179 e. The molecule has 3 aromatic rings. The summed E-state index contributed by atoms with van der Waals surface area (Å²) in [5.41, 5.74) is 0.779. The van der Waals surface area contributed by atoms with E-state index < -0.39 is 0 Å². The molecule has 0 amide bonds. The highest BCUT2D eigenvalue weighted by molar-refractivity contribution is 7.66. The van der Waals surface area contributed by atoms with Gasteiger partial charge in [-0.25, -0.2) is 4.99 Å². The van der Waals surface area contributed by atoms with Crippen molar-refractivity contribution >= 4 is 48.9 Å². The summed E-state index contributed by atoms with van der Waals surface area (Å²) in [5.74, 6) is 0.253. The molecule has 18 heavy (non-hydrogen) atoms. The van der Waals surface area contributed by atoms with Gasteiger partial charge in [-0.3, -0.25) is 0 Å². The number of fused-ring (bicyclic) bond motifs is 1. The molecule has 0 atom stereocenters. The molecule has 3 rings (SSSR count). The van der Waals surface area contributed by atoms with Crippen LogP contribution in [0.25, 0.3) is 10.8 Å². The van der Waals surface area contributed by atoms with Crippen LogP contribution >= 0.6 is 32.5 Å². The van der Waals surface area contributed by atoms with Gasteiger partial charge in [-0.15, -0.1) is 0 Å². The molecule has 0 spiro atoms. The first kappa shape index (κ1) is 11.6. The van der Waals surface area contributed by atoms with E-state index >= 15 is 0 Å². The van der Waals surface area contributed by atoms with Gasteiger partial charge in [0.1, 0.15) is 5.75 Å². The van der Waals surface area contributed by atoms with Gasteiger partial charge in [0, 0.05) is 21.3 Å². The van der Waals surface area contributed by atoms with E-state index in [4.69, 9.17) is 11.6 Å². The Labute approximate surface area is 115 Å². The number of aromatic nitrogens is 1. The van der Waals surface area contributed by atoms with Crippen molar-refractivity contribution < 1.29 is 5.11 Å². The molecule has 1 aromatic heterocycles. The summed E-state index contributed by atoms with van der Waals surface area (Å²) in [6.07, 6.45) is 0. The lowest BCUT2D eigenvalue weighted by Crippen LogP contribution is -1.92. The predicted molar refractivity (Wildman–Crippen MR) is 75.8 cm³/mol. The maximum absolute atomic E-state index is 9.80. The molecule has 0 saturated carbocycles. The Morgan fingerprint density at radius 2 is 1.89 bits per heavy atom. The minimum atomic E-state index is 0.253. The van der Waals surface area contributed by atoms with Crippen molar-refractivity contribution in [2.24, 2.45) is 4.99 Å². The number of rotatable bonds is 1. The zero-order valence-electron chi connectivity index (χ0n) is 9.00. The number of phenolic OH excluding ortho intramolecular Hbond substituents is 1. The maximum atomic E-state index is 9.80. The summed E-state index contributed by atoms with van der Waals surface area (Å²) in [6, 6.07) is 11.0. The van der Waals surface area contributed by atoms with Crippen LogP contribution in [0.1, 0.15) is 0 Å². The van der Waals surface area contributed by atoms with Crippen LogP contribution in [0.4, 0.5) is 5.69 Å². The summed E-state index contributed by atoms with van der Waals surface area (Å²) in [5, 5.41) is 11.9. The van der Waals surface area contributed by atoms with Crippen molar-refractivity contribution in [3.63, 3.8) is 0 Å². The lowest BCUT2D eigenvalue weighted by molar-refractivity contribution is 0.481. The van der Waals surface area contributed by atoms with Gasteiger partial charge in [-0.2, -0.15) is 4.37 Å². The normalized spacial score (nSPS) is 12.2. The Balaban J connectivity index is 2.32. The number of halogens is 1. The largest absolute Gasteiger partial charge is 0.507 e. The minimum Gasteiger partial charge on any atom is -0.507 e. The summed E-state index contributed by atoms with van der Waals surface area (Å²) in [6.45, 7) is 0. The third-order valence-electron chi connectivity index (χ3n) is 2.51. The Morgan fingerprint density at radius 3 is 2.67 bits per heavy atom. The van der Waals surface area contributed by atoms with Gasteiger partial charge in [-0.05, 0) is 22.5 Å². The lowest BCUT2D eigenvalue weighted by atomic mass is 10.1. The highest BCUT2D eigenvalue weighted by Crippen LogP contribution is 2.31. The van der Waals surface area contributed by atoms with Crippen LogP contribution < -0.4 is 4.67 Å². The second-order valence-corrected chi connectivity index (χ2v) is 5.80. The molecule has 0 saturated heterocycles. The van der Waals surface area contributed by atoms with Crippen LogP contribution in [-0.4, -0.2) is 9.48 Å². The second kappa shape index (κ2) is 4.68. The number of hydrogen-bond acceptors (Lipinski definition) is 5. The molecule has 6 heteroatoms. The van der Waals surface area contributed by atoms with E-state index in [1.165, 1.54) is 20.9 Å². The molecule has 90 valence electrons. The standard InChI is InChI=1S/C12H7ClN2OS2/c13-11-12(17-18-15-11)14-9-5-1-4-8-7(9)3-2-6-10(8)16/h1-6,16H. The van der Waals surface area contributed by atoms with Crippen LogP contribution in [0.5, 0.6) is 5.75 Å². The Kier molecular flexibility index (Phi) is 3.03. The molecule has 0 radical (unpaired) electrons. The van der Waals surface area contributed by atoms with Crippen LogP contribution in [0.15, 0.2) is 41.4 Å². The monoisotopic (exact) mass is 294 g/mol. The van der Waals surface area contributed by atoms with E-state index in [1.54, 1.807) is 12.1 Å². The van der Waals surface area contributed by atoms with Crippen molar-refractivity contribution in [2.75, 3.05) is 0 Å². The first-order valence-corrected chi connectivity index (χ1v) is 7.61. The SMILES string of the molecule is Oc1cccc2c(N=c3ssnc3Cl)cccc12. The maximum Gasteiger partial charge on any atom is 0.179 e. The van der Waals surface area contributed by atoms with E-state index in [0.717, 1.165) is 16.5 Å². The molecule has 1 heterocycles. The summed E-state index contributed by atoms with van der Waals surface area (Å²) in [7, 11) is 2.74. The Hall–Kier alpha value is -1.43. The topological polar surface area (TPSA) is 45.5 Å². The molecule has 0 bridgehead atoms. The van der Waals surface area contributed by atoms with Gasteiger partial charge < -0.3 is 5.11 Å². The third-order valence-corrected chi connectivity index (χ3v) is 4.68. The number of aromatic hydroxyl groups is 1. The third kappa shape index (κ3) is 2.01.